The van der Waals surface area contributed by atoms with Crippen molar-refractivity contribution in [3.8, 4) is 17.6 Å². The molecule has 0 aliphatic heterocycles. The number of hydrogen-bond donors (Lipinski definition) is 0. The molecular weight excluding hydrogens is 205 g/mol. The first kappa shape index (κ1) is 10.2. The van der Waals surface area contributed by atoms with Crippen molar-refractivity contribution in [1.29, 1.82) is 5.26 Å². The van der Waals surface area contributed by atoms with E-state index in [2.05, 4.69) is 6.07 Å². The summed E-state index contributed by atoms with van der Waals surface area (Å²) < 4.78 is 18.2. The van der Waals surface area contributed by atoms with Gasteiger partial charge < -0.3 is 4.74 Å². The lowest BCUT2D eigenvalue weighted by atomic mass is 10.2. The molecule has 0 aliphatic carbocycles. The van der Waals surface area contributed by atoms with E-state index in [1.807, 2.05) is 6.07 Å². The Morgan fingerprint density at radius 3 is 2.75 bits per heavy atom. The fourth-order valence-electron chi connectivity index (χ4n) is 1.25. The van der Waals surface area contributed by atoms with E-state index >= 15 is 0 Å². The van der Waals surface area contributed by atoms with Crippen LogP contribution in [0.25, 0.3) is 0 Å². The predicted molar refractivity (Wildman–Crippen MR) is 56.5 cm³/mol. The zero-order valence-electron chi connectivity index (χ0n) is 8.27. The molecule has 0 saturated heterocycles. The molecule has 0 bridgehead atoms. The van der Waals surface area contributed by atoms with Gasteiger partial charge in [-0.25, -0.2) is 4.39 Å². The van der Waals surface area contributed by atoms with Crippen LogP contribution < -0.4 is 4.74 Å². The van der Waals surface area contributed by atoms with Gasteiger partial charge in [-0.2, -0.15) is 5.26 Å². The molecule has 0 aliphatic rings. The molecular formula is C13H7FNO. The molecule has 0 saturated carbocycles. The summed E-state index contributed by atoms with van der Waals surface area (Å²) in [4.78, 5) is 0. The molecule has 2 aromatic carbocycles. The summed E-state index contributed by atoms with van der Waals surface area (Å²) in [5, 5.41) is 8.70. The van der Waals surface area contributed by atoms with Crippen LogP contribution in [0.3, 0.4) is 0 Å². The smallest absolute Gasteiger partial charge is 0.134 e. The van der Waals surface area contributed by atoms with Crippen molar-refractivity contribution in [3.05, 3.63) is 59.9 Å². The quantitative estimate of drug-likeness (QED) is 0.765. The van der Waals surface area contributed by atoms with Gasteiger partial charge in [0, 0.05) is 12.1 Å². The molecule has 3 heteroatoms. The zero-order valence-corrected chi connectivity index (χ0v) is 8.27. The molecule has 0 spiro atoms. The molecule has 2 nitrogen and oxygen atoms in total. The van der Waals surface area contributed by atoms with Crippen molar-refractivity contribution in [2.24, 2.45) is 0 Å². The average molecular weight is 212 g/mol. The molecule has 1 radical (unpaired) electrons. The maximum atomic E-state index is 12.8. The van der Waals surface area contributed by atoms with Gasteiger partial charge in [0.2, 0.25) is 0 Å². The number of nitrogens with zero attached hydrogens (tertiary/aromatic N) is 1. The van der Waals surface area contributed by atoms with Crippen LogP contribution in [0.5, 0.6) is 11.5 Å². The second-order valence-corrected chi connectivity index (χ2v) is 3.11. The summed E-state index contributed by atoms with van der Waals surface area (Å²) in [5.74, 6) is 0.407. The van der Waals surface area contributed by atoms with Crippen molar-refractivity contribution in [3.63, 3.8) is 0 Å². The first-order valence-corrected chi connectivity index (χ1v) is 4.63. The van der Waals surface area contributed by atoms with E-state index in [-0.39, 0.29) is 0 Å². The van der Waals surface area contributed by atoms with E-state index in [1.54, 1.807) is 30.3 Å². The van der Waals surface area contributed by atoms with E-state index in [9.17, 15) is 4.39 Å². The molecule has 0 unspecified atom stereocenters. The van der Waals surface area contributed by atoms with Crippen LogP contribution in [0.1, 0.15) is 5.56 Å². The Labute approximate surface area is 92.5 Å². The van der Waals surface area contributed by atoms with Gasteiger partial charge in [-0.15, -0.1) is 0 Å². The fraction of sp³-hybridized carbons (Fsp3) is 0. The van der Waals surface area contributed by atoms with Gasteiger partial charge in [0.1, 0.15) is 17.3 Å². The monoisotopic (exact) mass is 212 g/mol. The maximum Gasteiger partial charge on any atom is 0.134 e. The van der Waals surface area contributed by atoms with Crippen LogP contribution >= 0.6 is 0 Å². The predicted octanol–water partition coefficient (Wildman–Crippen LogP) is 3.29. The van der Waals surface area contributed by atoms with Gasteiger partial charge in [0.05, 0.1) is 11.6 Å². The van der Waals surface area contributed by atoms with E-state index in [0.717, 1.165) is 0 Å². The van der Waals surface area contributed by atoms with Crippen LogP contribution in [0.15, 0.2) is 42.5 Å². The van der Waals surface area contributed by atoms with Gasteiger partial charge in [0.15, 0.2) is 0 Å². The lowest BCUT2D eigenvalue weighted by Gasteiger charge is -2.05. The Hall–Kier alpha value is -2.34. The molecule has 0 heterocycles. The maximum absolute atomic E-state index is 12.8. The number of nitriles is 1. The van der Waals surface area contributed by atoms with Crippen molar-refractivity contribution in [1.82, 2.24) is 0 Å². The lowest BCUT2D eigenvalue weighted by Crippen LogP contribution is -1.85. The SMILES string of the molecule is N#Cc1cccc(Oc2cc[c]c(F)c2)c1. The molecule has 0 aromatic heterocycles. The molecule has 0 N–H and O–H groups in total. The standard InChI is InChI=1S/C13H7FNO/c14-11-4-2-6-13(8-11)16-12-5-1-3-10(7-12)9-15/h1-3,5-8H. The number of rotatable bonds is 2. The Morgan fingerprint density at radius 2 is 2.00 bits per heavy atom. The number of benzene rings is 2. The van der Waals surface area contributed by atoms with E-state index in [4.69, 9.17) is 10.00 Å². The lowest BCUT2D eigenvalue weighted by molar-refractivity contribution is 0.476. The summed E-state index contributed by atoms with van der Waals surface area (Å²) in [7, 11) is 0. The third-order valence-electron chi connectivity index (χ3n) is 1.94. The van der Waals surface area contributed by atoms with Crippen molar-refractivity contribution >= 4 is 0 Å². The molecule has 2 aromatic rings. The topological polar surface area (TPSA) is 33.0 Å². The first-order chi connectivity index (χ1) is 7.78. The Kier molecular flexibility index (Phi) is 2.84. The summed E-state index contributed by atoms with van der Waals surface area (Å²) in [5.41, 5.74) is 0.500. The minimum atomic E-state index is -0.478. The Morgan fingerprint density at radius 1 is 1.19 bits per heavy atom. The van der Waals surface area contributed by atoms with Crippen molar-refractivity contribution in [2.45, 2.75) is 0 Å². The largest absolute Gasteiger partial charge is 0.457 e. The first-order valence-electron chi connectivity index (χ1n) is 4.63. The third kappa shape index (κ3) is 2.37. The highest BCUT2D eigenvalue weighted by Gasteiger charge is 1.99. The molecule has 0 atom stereocenters. The number of hydrogen-bond acceptors (Lipinski definition) is 2. The number of halogens is 1. The van der Waals surface area contributed by atoms with Gasteiger partial charge in [-0.3, -0.25) is 0 Å². The van der Waals surface area contributed by atoms with Crippen molar-refractivity contribution in [2.75, 3.05) is 0 Å². The molecule has 16 heavy (non-hydrogen) atoms. The summed E-state index contributed by atoms with van der Waals surface area (Å²) in [6.45, 7) is 0. The van der Waals surface area contributed by atoms with Crippen LogP contribution in [-0.4, -0.2) is 0 Å². The van der Waals surface area contributed by atoms with E-state index in [0.29, 0.717) is 17.1 Å². The highest BCUT2D eigenvalue weighted by Crippen LogP contribution is 2.22. The van der Waals surface area contributed by atoms with E-state index < -0.39 is 5.82 Å². The van der Waals surface area contributed by atoms with Gasteiger partial charge in [-0.1, -0.05) is 6.07 Å². The minimum absolute atomic E-state index is 0.381. The highest BCUT2D eigenvalue weighted by molar-refractivity contribution is 5.38. The molecule has 77 valence electrons. The zero-order chi connectivity index (χ0) is 11.4. The van der Waals surface area contributed by atoms with Gasteiger partial charge in [-0.05, 0) is 30.3 Å². The summed E-state index contributed by atoms with van der Waals surface area (Å²) in [6, 6.07) is 15.3. The molecule has 0 amide bonds. The third-order valence-corrected chi connectivity index (χ3v) is 1.94. The number of ether oxygens (including phenoxy) is 1. The second-order valence-electron chi connectivity index (χ2n) is 3.11. The average Bonchev–Trinajstić information content (AvgIpc) is 2.29. The summed E-state index contributed by atoms with van der Waals surface area (Å²) in [6.07, 6.45) is 0. The van der Waals surface area contributed by atoms with Crippen LogP contribution in [0.2, 0.25) is 0 Å². The van der Waals surface area contributed by atoms with Gasteiger partial charge in [0.25, 0.3) is 0 Å². The Bertz CT molecular complexity index is 546. The fourth-order valence-corrected chi connectivity index (χ4v) is 1.25. The molecule has 0 fully saturated rings. The molecule has 2 rings (SSSR count). The summed E-state index contributed by atoms with van der Waals surface area (Å²) >= 11 is 0. The van der Waals surface area contributed by atoms with Gasteiger partial charge >= 0.3 is 0 Å². The van der Waals surface area contributed by atoms with Crippen LogP contribution in [-0.2, 0) is 0 Å². The highest BCUT2D eigenvalue weighted by atomic mass is 19.1. The van der Waals surface area contributed by atoms with Crippen LogP contribution in [0, 0.1) is 23.2 Å². The van der Waals surface area contributed by atoms with Crippen LogP contribution in [0.4, 0.5) is 4.39 Å². The normalized spacial score (nSPS) is 9.50. The van der Waals surface area contributed by atoms with Crippen molar-refractivity contribution < 1.29 is 9.13 Å². The minimum Gasteiger partial charge on any atom is -0.457 e. The second kappa shape index (κ2) is 4.45. The Balaban J connectivity index is 2.24. The van der Waals surface area contributed by atoms with E-state index in [1.165, 1.54) is 12.1 Å².